The van der Waals surface area contributed by atoms with Crippen LogP contribution in [0.3, 0.4) is 0 Å². The number of piperazine rings is 1. The first-order chi connectivity index (χ1) is 14.3. The van der Waals surface area contributed by atoms with Crippen LogP contribution in [0.15, 0.2) is 55.0 Å². The van der Waals surface area contributed by atoms with Gasteiger partial charge in [-0.2, -0.15) is 0 Å². The van der Waals surface area contributed by atoms with Crippen LogP contribution in [0.1, 0.15) is 5.56 Å². The molecule has 0 aliphatic carbocycles. The van der Waals surface area contributed by atoms with E-state index in [4.69, 9.17) is 9.47 Å². The minimum absolute atomic E-state index is 0.287. The van der Waals surface area contributed by atoms with Crippen molar-refractivity contribution < 1.29 is 9.47 Å². The lowest BCUT2D eigenvalue weighted by atomic mass is 10.2. The van der Waals surface area contributed by atoms with E-state index < -0.39 is 0 Å². The first-order valence-corrected chi connectivity index (χ1v) is 9.70. The average molecular weight is 390 g/mol. The van der Waals surface area contributed by atoms with Gasteiger partial charge in [0, 0.05) is 45.0 Å². The van der Waals surface area contributed by atoms with Gasteiger partial charge in [-0.1, -0.05) is 12.1 Å². The van der Waals surface area contributed by atoms with Gasteiger partial charge >= 0.3 is 0 Å². The summed E-state index contributed by atoms with van der Waals surface area (Å²) in [6, 6.07) is 14.0. The summed E-state index contributed by atoms with van der Waals surface area (Å²) in [6.45, 7) is 4.57. The fourth-order valence-corrected chi connectivity index (χ4v) is 3.57. The quantitative estimate of drug-likeness (QED) is 0.712. The first-order valence-electron chi connectivity index (χ1n) is 9.70. The molecule has 1 aromatic carbocycles. The van der Waals surface area contributed by atoms with Crippen LogP contribution in [0.4, 0.5) is 17.5 Å². The molecule has 29 heavy (non-hydrogen) atoms. The topological polar surface area (TPSA) is 75.6 Å². The molecule has 2 aliphatic rings. The number of anilines is 3. The Labute approximate surface area is 169 Å². The van der Waals surface area contributed by atoms with Gasteiger partial charge in [0.25, 0.3) is 0 Å². The maximum absolute atomic E-state index is 5.44. The molecule has 4 heterocycles. The Morgan fingerprint density at radius 1 is 0.828 bits per heavy atom. The zero-order valence-corrected chi connectivity index (χ0v) is 16.0. The van der Waals surface area contributed by atoms with E-state index in [0.717, 1.165) is 60.7 Å². The fourth-order valence-electron chi connectivity index (χ4n) is 3.57. The summed E-state index contributed by atoms with van der Waals surface area (Å²) in [6.07, 6.45) is 3.45. The molecule has 0 bridgehead atoms. The van der Waals surface area contributed by atoms with Crippen LogP contribution in [0.2, 0.25) is 0 Å². The Bertz CT molecular complexity index is 976. The van der Waals surface area contributed by atoms with Crippen LogP contribution in [0, 0.1) is 0 Å². The molecule has 0 radical (unpaired) electrons. The first kappa shape index (κ1) is 17.5. The smallest absolute Gasteiger partial charge is 0.231 e. The lowest BCUT2D eigenvalue weighted by molar-refractivity contribution is 0.174. The van der Waals surface area contributed by atoms with E-state index in [2.05, 4.69) is 36.1 Å². The van der Waals surface area contributed by atoms with Crippen molar-refractivity contribution in [2.24, 2.45) is 0 Å². The largest absolute Gasteiger partial charge is 0.454 e. The van der Waals surface area contributed by atoms with Gasteiger partial charge in [0.05, 0.1) is 0 Å². The molecule has 8 nitrogen and oxygen atoms in total. The van der Waals surface area contributed by atoms with Gasteiger partial charge < -0.3 is 24.6 Å². The van der Waals surface area contributed by atoms with Crippen LogP contribution in [-0.4, -0.2) is 47.9 Å². The summed E-state index contributed by atoms with van der Waals surface area (Å²) in [5.41, 5.74) is 1.11. The number of aromatic nitrogens is 3. The van der Waals surface area contributed by atoms with Crippen LogP contribution in [-0.2, 0) is 6.54 Å². The van der Waals surface area contributed by atoms with E-state index in [0.29, 0.717) is 6.54 Å². The van der Waals surface area contributed by atoms with Crippen molar-refractivity contribution in [2.75, 3.05) is 48.1 Å². The summed E-state index contributed by atoms with van der Waals surface area (Å²) >= 11 is 0. The number of benzene rings is 1. The molecule has 5 rings (SSSR count). The molecule has 2 aromatic heterocycles. The summed E-state index contributed by atoms with van der Waals surface area (Å²) in [5.74, 6) is 4.36. The maximum atomic E-state index is 5.44. The number of pyridine rings is 1. The van der Waals surface area contributed by atoms with Gasteiger partial charge in [-0.25, -0.2) is 15.0 Å². The molecule has 1 N–H and O–H groups in total. The Kier molecular flexibility index (Phi) is 4.73. The number of ether oxygens (including phenoxy) is 2. The highest BCUT2D eigenvalue weighted by atomic mass is 16.7. The van der Waals surface area contributed by atoms with E-state index in [1.165, 1.54) is 0 Å². The normalized spacial score (nSPS) is 15.4. The molecule has 148 valence electrons. The van der Waals surface area contributed by atoms with Crippen molar-refractivity contribution in [1.29, 1.82) is 0 Å². The van der Waals surface area contributed by atoms with Crippen molar-refractivity contribution in [3.05, 3.63) is 60.6 Å². The third kappa shape index (κ3) is 3.87. The monoisotopic (exact) mass is 390 g/mol. The second-order valence-electron chi connectivity index (χ2n) is 6.96. The number of rotatable bonds is 5. The predicted octanol–water partition coefficient (Wildman–Crippen LogP) is 2.54. The number of hydrogen-bond acceptors (Lipinski definition) is 8. The minimum atomic E-state index is 0.287. The molecule has 0 amide bonds. The second-order valence-corrected chi connectivity index (χ2v) is 6.96. The predicted molar refractivity (Wildman–Crippen MR) is 111 cm³/mol. The van der Waals surface area contributed by atoms with Gasteiger partial charge in [-0.05, 0) is 29.8 Å². The molecule has 1 fully saturated rings. The highest BCUT2D eigenvalue weighted by Crippen LogP contribution is 2.32. The highest BCUT2D eigenvalue weighted by molar-refractivity contribution is 5.51. The molecule has 1 saturated heterocycles. The van der Waals surface area contributed by atoms with E-state index in [-0.39, 0.29) is 6.79 Å². The van der Waals surface area contributed by atoms with Crippen molar-refractivity contribution in [3.63, 3.8) is 0 Å². The second kappa shape index (κ2) is 7.83. The number of nitrogens with zero attached hydrogens (tertiary/aromatic N) is 5. The number of hydrogen-bond donors (Lipinski definition) is 1. The van der Waals surface area contributed by atoms with Crippen LogP contribution < -0.4 is 24.6 Å². The number of fused-ring (bicyclic) bond motifs is 1. The molecule has 0 atom stereocenters. The molecule has 3 aromatic rings. The van der Waals surface area contributed by atoms with Crippen molar-refractivity contribution in [2.45, 2.75) is 6.54 Å². The molecule has 2 aliphatic heterocycles. The zero-order chi connectivity index (χ0) is 19.5. The average Bonchev–Trinajstić information content (AvgIpc) is 3.27. The third-order valence-corrected chi connectivity index (χ3v) is 5.14. The Morgan fingerprint density at radius 2 is 1.66 bits per heavy atom. The third-order valence-electron chi connectivity index (χ3n) is 5.14. The van der Waals surface area contributed by atoms with E-state index in [1.807, 2.05) is 42.6 Å². The molecule has 0 saturated carbocycles. The Balaban J connectivity index is 1.20. The Morgan fingerprint density at radius 3 is 2.48 bits per heavy atom. The van der Waals surface area contributed by atoms with Crippen molar-refractivity contribution in [3.8, 4) is 11.5 Å². The maximum Gasteiger partial charge on any atom is 0.231 e. The van der Waals surface area contributed by atoms with Gasteiger partial charge in [0.15, 0.2) is 11.5 Å². The van der Waals surface area contributed by atoms with E-state index in [1.54, 1.807) is 6.33 Å². The van der Waals surface area contributed by atoms with Crippen LogP contribution in [0.5, 0.6) is 11.5 Å². The highest BCUT2D eigenvalue weighted by Gasteiger charge is 2.19. The molecular formula is C21H22N6O2. The fraction of sp³-hybridized carbons (Fsp3) is 0.286. The van der Waals surface area contributed by atoms with E-state index >= 15 is 0 Å². The molecule has 0 unspecified atom stereocenters. The molecular weight excluding hydrogens is 368 g/mol. The van der Waals surface area contributed by atoms with Gasteiger partial charge in [-0.3, -0.25) is 0 Å². The molecule has 0 spiro atoms. The van der Waals surface area contributed by atoms with Gasteiger partial charge in [0.2, 0.25) is 6.79 Å². The van der Waals surface area contributed by atoms with Gasteiger partial charge in [-0.15, -0.1) is 0 Å². The number of nitrogens with one attached hydrogen (secondary N) is 1. The zero-order valence-electron chi connectivity index (χ0n) is 16.0. The minimum Gasteiger partial charge on any atom is -0.454 e. The van der Waals surface area contributed by atoms with Gasteiger partial charge in [0.1, 0.15) is 23.8 Å². The SMILES string of the molecule is c1ccc(N2CCN(c3cc(NCc4ccc5c(c4)OCO5)ncn3)CC2)nc1. The summed E-state index contributed by atoms with van der Waals surface area (Å²) < 4.78 is 10.8. The Hall–Kier alpha value is -3.55. The summed E-state index contributed by atoms with van der Waals surface area (Å²) in [4.78, 5) is 17.9. The van der Waals surface area contributed by atoms with Crippen molar-refractivity contribution >= 4 is 17.5 Å². The van der Waals surface area contributed by atoms with E-state index in [9.17, 15) is 0 Å². The molecule has 8 heteroatoms. The lowest BCUT2D eigenvalue weighted by Gasteiger charge is -2.36. The summed E-state index contributed by atoms with van der Waals surface area (Å²) in [5, 5.41) is 3.37. The van der Waals surface area contributed by atoms with Crippen molar-refractivity contribution in [1.82, 2.24) is 15.0 Å². The summed E-state index contributed by atoms with van der Waals surface area (Å²) in [7, 11) is 0. The van der Waals surface area contributed by atoms with Crippen LogP contribution in [0.25, 0.3) is 0 Å². The standard InChI is InChI=1S/C21H22N6O2/c1-2-6-22-20(3-1)26-7-9-27(10-8-26)21-12-19(24-14-25-21)23-13-16-4-5-17-18(11-16)29-15-28-17/h1-6,11-12,14H,7-10,13,15H2,(H,23,24,25). The van der Waals surface area contributed by atoms with Crippen LogP contribution >= 0.6 is 0 Å². The lowest BCUT2D eigenvalue weighted by Crippen LogP contribution is -2.47.